The first-order valence-electron chi connectivity index (χ1n) is 10.6. The van der Waals surface area contributed by atoms with Crippen LogP contribution in [0.2, 0.25) is 0 Å². The number of carbonyl (C=O) groups is 1. The zero-order valence-electron chi connectivity index (χ0n) is 18.5. The van der Waals surface area contributed by atoms with E-state index >= 15 is 0 Å². The fraction of sp³-hybridized carbons (Fsp3) is 0.458. The third kappa shape index (κ3) is 4.88. The molecule has 31 heavy (non-hydrogen) atoms. The highest BCUT2D eigenvalue weighted by Gasteiger charge is 2.33. The molecule has 0 saturated carbocycles. The summed E-state index contributed by atoms with van der Waals surface area (Å²) < 4.78 is 22.9. The van der Waals surface area contributed by atoms with Crippen LogP contribution in [-0.2, 0) is 4.74 Å². The number of morpholine rings is 1. The second-order valence-electron chi connectivity index (χ2n) is 8.62. The van der Waals surface area contributed by atoms with E-state index in [2.05, 4.69) is 5.32 Å². The first-order valence-corrected chi connectivity index (χ1v) is 10.6. The zero-order valence-corrected chi connectivity index (χ0v) is 18.5. The third-order valence-corrected chi connectivity index (χ3v) is 5.53. The lowest BCUT2D eigenvalue weighted by atomic mass is 10.0. The lowest BCUT2D eigenvalue weighted by molar-refractivity contribution is -0.0586. The van der Waals surface area contributed by atoms with Crippen molar-refractivity contribution in [3.63, 3.8) is 0 Å². The average molecular weight is 427 g/mol. The van der Waals surface area contributed by atoms with Gasteiger partial charge in [0.05, 0.1) is 25.0 Å². The van der Waals surface area contributed by atoms with Crippen molar-refractivity contribution in [2.75, 3.05) is 38.7 Å². The fourth-order valence-corrected chi connectivity index (χ4v) is 4.00. The fourth-order valence-electron chi connectivity index (χ4n) is 4.00. The van der Waals surface area contributed by atoms with Gasteiger partial charge in [0, 0.05) is 18.7 Å². The Morgan fingerprint density at radius 2 is 1.81 bits per heavy atom. The Kier molecular flexibility index (Phi) is 5.96. The molecule has 1 saturated heterocycles. The van der Waals surface area contributed by atoms with Crippen LogP contribution in [0.5, 0.6) is 17.2 Å². The third-order valence-electron chi connectivity index (χ3n) is 5.53. The van der Waals surface area contributed by atoms with Gasteiger partial charge >= 0.3 is 0 Å². The zero-order chi connectivity index (χ0) is 22.0. The summed E-state index contributed by atoms with van der Waals surface area (Å²) in [6, 6.07) is 13.0. The number of amides is 1. The lowest BCUT2D eigenvalue weighted by Crippen LogP contribution is -2.49. The second-order valence-corrected chi connectivity index (χ2v) is 8.62. The highest BCUT2D eigenvalue weighted by molar-refractivity contribution is 5.96. The number of hydrogen-bond acceptors (Lipinski definition) is 6. The Balaban J connectivity index is 1.44. The summed E-state index contributed by atoms with van der Waals surface area (Å²) in [4.78, 5) is 14.9. The predicted octanol–water partition coefficient (Wildman–Crippen LogP) is 3.59. The maximum atomic E-state index is 13.1. The maximum absolute atomic E-state index is 13.1. The summed E-state index contributed by atoms with van der Waals surface area (Å²) in [5.41, 5.74) is 1.00. The molecule has 1 amide bonds. The van der Waals surface area contributed by atoms with Gasteiger partial charge in [-0.2, -0.15) is 0 Å². The highest BCUT2D eigenvalue weighted by Crippen LogP contribution is 2.34. The number of ether oxygens (including phenoxy) is 4. The minimum absolute atomic E-state index is 0.00774. The molecule has 7 heteroatoms. The van der Waals surface area contributed by atoms with E-state index < -0.39 is 5.54 Å². The summed E-state index contributed by atoms with van der Waals surface area (Å²) >= 11 is 0. The van der Waals surface area contributed by atoms with Crippen LogP contribution in [0.4, 0.5) is 5.69 Å². The molecular formula is C24H30N2O5. The number of rotatable bonds is 5. The van der Waals surface area contributed by atoms with Crippen molar-refractivity contribution < 1.29 is 23.7 Å². The van der Waals surface area contributed by atoms with Crippen molar-refractivity contribution in [3.05, 3.63) is 48.0 Å². The molecular weight excluding hydrogens is 396 g/mol. The molecule has 4 rings (SSSR count). The van der Waals surface area contributed by atoms with Crippen LogP contribution in [-0.4, -0.2) is 62.0 Å². The van der Waals surface area contributed by atoms with E-state index in [1.807, 2.05) is 68.1 Å². The molecule has 2 aliphatic heterocycles. The van der Waals surface area contributed by atoms with E-state index in [1.165, 1.54) is 0 Å². The van der Waals surface area contributed by atoms with Crippen LogP contribution in [0.1, 0.15) is 31.1 Å². The summed E-state index contributed by atoms with van der Waals surface area (Å²) in [6.07, 6.45) is 0.0651. The summed E-state index contributed by atoms with van der Waals surface area (Å²) in [5, 5.41) is 3.51. The molecule has 2 heterocycles. The Morgan fingerprint density at radius 1 is 1.13 bits per heavy atom. The molecule has 2 aliphatic rings. The van der Waals surface area contributed by atoms with Crippen molar-refractivity contribution in [3.8, 4) is 17.2 Å². The molecule has 2 aromatic carbocycles. The van der Waals surface area contributed by atoms with Crippen molar-refractivity contribution in [1.29, 1.82) is 0 Å². The highest BCUT2D eigenvalue weighted by atomic mass is 16.5. The lowest BCUT2D eigenvalue weighted by Gasteiger charge is -2.37. The van der Waals surface area contributed by atoms with E-state index in [1.54, 1.807) is 7.11 Å². The van der Waals surface area contributed by atoms with Gasteiger partial charge in [0.15, 0.2) is 0 Å². The van der Waals surface area contributed by atoms with Gasteiger partial charge in [0.2, 0.25) is 0 Å². The van der Waals surface area contributed by atoms with Gasteiger partial charge in [-0.3, -0.25) is 4.79 Å². The van der Waals surface area contributed by atoms with E-state index in [9.17, 15) is 4.79 Å². The smallest absolute Gasteiger partial charge is 0.254 e. The Morgan fingerprint density at radius 3 is 2.48 bits per heavy atom. The van der Waals surface area contributed by atoms with Crippen molar-refractivity contribution >= 4 is 11.6 Å². The molecule has 0 spiro atoms. The van der Waals surface area contributed by atoms with Gasteiger partial charge in [-0.15, -0.1) is 0 Å². The number of carbonyl (C=O) groups excluding carboxylic acids is 1. The Hall–Kier alpha value is -2.93. The number of methoxy groups -OCH3 is 1. The average Bonchev–Trinajstić information content (AvgIpc) is 2.76. The molecule has 2 aromatic rings. The van der Waals surface area contributed by atoms with Crippen LogP contribution in [0.25, 0.3) is 0 Å². The monoisotopic (exact) mass is 426 g/mol. The van der Waals surface area contributed by atoms with Gasteiger partial charge in [0.25, 0.3) is 5.91 Å². The van der Waals surface area contributed by atoms with Crippen LogP contribution in [0.15, 0.2) is 42.5 Å². The quantitative estimate of drug-likeness (QED) is 0.788. The number of benzene rings is 2. The minimum Gasteiger partial charge on any atom is -0.497 e. The molecule has 0 radical (unpaired) electrons. The first-order chi connectivity index (χ1) is 14.8. The van der Waals surface area contributed by atoms with Crippen LogP contribution in [0, 0.1) is 0 Å². The number of nitrogens with zero attached hydrogens (tertiary/aromatic N) is 1. The second kappa shape index (κ2) is 8.67. The van der Waals surface area contributed by atoms with E-state index in [-0.39, 0.29) is 18.1 Å². The number of fused-ring (bicyclic) bond motifs is 1. The number of anilines is 1. The van der Waals surface area contributed by atoms with Crippen molar-refractivity contribution in [2.24, 2.45) is 0 Å². The molecule has 0 aromatic heterocycles. The molecule has 1 N–H and O–H groups in total. The molecule has 0 bridgehead atoms. The van der Waals surface area contributed by atoms with Gasteiger partial charge in [0.1, 0.15) is 36.0 Å². The molecule has 7 nitrogen and oxygen atoms in total. The minimum atomic E-state index is -0.434. The van der Waals surface area contributed by atoms with Gasteiger partial charge in [-0.05, 0) is 63.2 Å². The topological polar surface area (TPSA) is 69.3 Å². The summed E-state index contributed by atoms with van der Waals surface area (Å²) in [5.74, 6) is 2.29. The summed E-state index contributed by atoms with van der Waals surface area (Å²) in [6.45, 7) is 8.09. The van der Waals surface area contributed by atoms with Crippen LogP contribution >= 0.6 is 0 Å². The van der Waals surface area contributed by atoms with Crippen molar-refractivity contribution in [2.45, 2.75) is 38.5 Å². The molecule has 0 aliphatic carbocycles. The molecule has 1 unspecified atom stereocenters. The summed E-state index contributed by atoms with van der Waals surface area (Å²) in [7, 11) is 1.64. The standard InChI is InChI=1S/C24H30N2O5/c1-16-12-26(13-17(2)31-16)23(27)18-5-10-22-21(11-18)25-24(3,15-30-22)14-29-20-8-6-19(28-4)7-9-20/h5-11,16-17,25H,12-15H2,1-4H3/t16-,17+,24?. The number of nitrogens with one attached hydrogen (secondary N) is 1. The first kappa shape index (κ1) is 21.3. The Labute approximate surface area is 183 Å². The SMILES string of the molecule is COc1ccc(OCC2(C)COc3ccc(C(=O)N4C[C@@H](C)O[C@@H](C)C4)cc3N2)cc1. The van der Waals surface area contributed by atoms with Gasteiger partial charge < -0.3 is 29.2 Å². The van der Waals surface area contributed by atoms with E-state index in [4.69, 9.17) is 18.9 Å². The van der Waals surface area contributed by atoms with Crippen LogP contribution in [0.3, 0.4) is 0 Å². The normalized spacial score (nSPS) is 25.1. The molecule has 1 fully saturated rings. The largest absolute Gasteiger partial charge is 0.497 e. The number of hydrogen-bond donors (Lipinski definition) is 1. The van der Waals surface area contributed by atoms with E-state index in [0.717, 1.165) is 22.9 Å². The maximum Gasteiger partial charge on any atom is 0.254 e. The molecule has 3 atom stereocenters. The Bertz CT molecular complexity index is 922. The van der Waals surface area contributed by atoms with Gasteiger partial charge in [-0.1, -0.05) is 0 Å². The van der Waals surface area contributed by atoms with Crippen molar-refractivity contribution in [1.82, 2.24) is 4.90 Å². The molecule has 166 valence electrons. The van der Waals surface area contributed by atoms with Crippen LogP contribution < -0.4 is 19.5 Å². The van der Waals surface area contributed by atoms with E-state index in [0.29, 0.717) is 31.9 Å². The predicted molar refractivity (Wildman–Crippen MR) is 118 cm³/mol. The van der Waals surface area contributed by atoms with Gasteiger partial charge in [-0.25, -0.2) is 0 Å².